The van der Waals surface area contributed by atoms with Gasteiger partial charge in [0, 0.05) is 19.8 Å². The van der Waals surface area contributed by atoms with Crippen molar-refractivity contribution in [2.75, 3.05) is 38.0 Å². The van der Waals surface area contributed by atoms with Gasteiger partial charge in [0.1, 0.15) is 10.6 Å². The van der Waals surface area contributed by atoms with E-state index in [4.69, 9.17) is 4.74 Å². The molecule has 1 N–H and O–H groups in total. The number of carbonyl (C=O) groups is 1. The smallest absolute Gasteiger partial charge is 0.246 e. The number of amides is 1. The summed E-state index contributed by atoms with van der Waals surface area (Å²) >= 11 is 0. The fourth-order valence-corrected chi connectivity index (χ4v) is 5.22. The molecule has 1 saturated heterocycles. The molecule has 0 aliphatic carbocycles. The summed E-state index contributed by atoms with van der Waals surface area (Å²) in [6.45, 7) is 0. The zero-order chi connectivity index (χ0) is 18.1. The molecular formula is C14H20N2O6S2. The predicted octanol–water partition coefficient (Wildman–Crippen LogP) is 0.319. The maximum atomic E-state index is 12.3. The van der Waals surface area contributed by atoms with Crippen LogP contribution < -0.4 is 10.1 Å². The van der Waals surface area contributed by atoms with Crippen molar-refractivity contribution >= 4 is 31.5 Å². The minimum absolute atomic E-state index is 0.00599. The minimum Gasteiger partial charge on any atom is -0.495 e. The van der Waals surface area contributed by atoms with Gasteiger partial charge in [-0.15, -0.1) is 0 Å². The SMILES string of the molecule is COc1ccc(NC(=O)[C@H]2CCS(=O)(=O)C2)cc1S(=O)(=O)N(C)C. The standard InChI is InChI=1S/C14H20N2O6S2/c1-16(2)24(20,21)13-8-11(4-5-12(13)22-3)15-14(17)10-6-7-23(18,19)9-10/h4-5,8,10H,6-7,9H2,1-3H3,(H,15,17)/t10-/m0/s1. The van der Waals surface area contributed by atoms with Crippen LogP contribution in [0.25, 0.3) is 0 Å². The van der Waals surface area contributed by atoms with E-state index in [1.165, 1.54) is 39.4 Å². The van der Waals surface area contributed by atoms with Gasteiger partial charge in [0.2, 0.25) is 15.9 Å². The van der Waals surface area contributed by atoms with Crippen LogP contribution in [-0.2, 0) is 24.7 Å². The lowest BCUT2D eigenvalue weighted by atomic mass is 10.1. The third kappa shape index (κ3) is 3.87. The second kappa shape index (κ2) is 6.69. The molecule has 0 aromatic heterocycles. The number of nitrogens with one attached hydrogen (secondary N) is 1. The van der Waals surface area contributed by atoms with Crippen molar-refractivity contribution in [2.45, 2.75) is 11.3 Å². The zero-order valence-corrected chi connectivity index (χ0v) is 15.3. The van der Waals surface area contributed by atoms with Gasteiger partial charge in [-0.25, -0.2) is 21.1 Å². The summed E-state index contributed by atoms with van der Waals surface area (Å²) < 4.78 is 53.7. The van der Waals surface area contributed by atoms with E-state index in [-0.39, 0.29) is 34.3 Å². The maximum absolute atomic E-state index is 12.3. The average Bonchev–Trinajstić information content (AvgIpc) is 2.87. The maximum Gasteiger partial charge on any atom is 0.246 e. The van der Waals surface area contributed by atoms with Crippen LogP contribution in [0.15, 0.2) is 23.1 Å². The monoisotopic (exact) mass is 376 g/mol. The van der Waals surface area contributed by atoms with Crippen molar-refractivity contribution in [3.63, 3.8) is 0 Å². The molecule has 0 saturated carbocycles. The molecule has 0 spiro atoms. The Kier molecular flexibility index (Phi) is 5.21. The Hall–Kier alpha value is -1.65. The number of nitrogens with zero attached hydrogens (tertiary/aromatic N) is 1. The lowest BCUT2D eigenvalue weighted by Gasteiger charge is -2.16. The van der Waals surface area contributed by atoms with Gasteiger partial charge in [0.25, 0.3) is 0 Å². The normalized spacial score (nSPS) is 20.1. The van der Waals surface area contributed by atoms with Crippen LogP contribution in [0.5, 0.6) is 5.75 Å². The third-order valence-electron chi connectivity index (χ3n) is 3.79. The highest BCUT2D eigenvalue weighted by Gasteiger charge is 2.33. The molecule has 1 heterocycles. The molecule has 2 rings (SSSR count). The van der Waals surface area contributed by atoms with Crippen LogP contribution in [-0.4, -0.2) is 59.8 Å². The van der Waals surface area contributed by atoms with Gasteiger partial charge in [-0.3, -0.25) is 4.79 Å². The molecule has 1 aromatic rings. The van der Waals surface area contributed by atoms with E-state index in [9.17, 15) is 21.6 Å². The van der Waals surface area contributed by atoms with Gasteiger partial charge in [0.05, 0.1) is 24.5 Å². The third-order valence-corrected chi connectivity index (χ3v) is 7.40. The number of methoxy groups -OCH3 is 1. The largest absolute Gasteiger partial charge is 0.495 e. The first kappa shape index (κ1) is 18.7. The lowest BCUT2D eigenvalue weighted by Crippen LogP contribution is -2.25. The van der Waals surface area contributed by atoms with E-state index in [0.29, 0.717) is 0 Å². The van der Waals surface area contributed by atoms with Crippen LogP contribution in [0.4, 0.5) is 5.69 Å². The first-order valence-corrected chi connectivity index (χ1v) is 10.4. The number of benzene rings is 1. The highest BCUT2D eigenvalue weighted by Crippen LogP contribution is 2.29. The number of rotatable bonds is 5. The highest BCUT2D eigenvalue weighted by atomic mass is 32.2. The first-order chi connectivity index (χ1) is 11.1. The van der Waals surface area contributed by atoms with Gasteiger partial charge in [-0.1, -0.05) is 0 Å². The van der Waals surface area contributed by atoms with Gasteiger partial charge in [-0.2, -0.15) is 0 Å². The van der Waals surface area contributed by atoms with Gasteiger partial charge in [-0.05, 0) is 24.6 Å². The Morgan fingerprint density at radius 2 is 2.00 bits per heavy atom. The molecule has 1 aromatic carbocycles. The molecule has 10 heteroatoms. The fourth-order valence-electron chi connectivity index (χ4n) is 2.40. The van der Waals surface area contributed by atoms with E-state index in [0.717, 1.165) is 4.31 Å². The summed E-state index contributed by atoms with van der Waals surface area (Å²) in [4.78, 5) is 12.1. The summed E-state index contributed by atoms with van der Waals surface area (Å²) in [5.41, 5.74) is 0.269. The predicted molar refractivity (Wildman–Crippen MR) is 89.3 cm³/mol. The Bertz CT molecular complexity index is 846. The average molecular weight is 376 g/mol. The van der Waals surface area contributed by atoms with Crippen molar-refractivity contribution in [3.05, 3.63) is 18.2 Å². The molecule has 0 unspecified atom stereocenters. The van der Waals surface area contributed by atoms with Gasteiger partial charge in [0.15, 0.2) is 9.84 Å². The van der Waals surface area contributed by atoms with Gasteiger partial charge < -0.3 is 10.1 Å². The second-order valence-corrected chi connectivity index (χ2v) is 10.1. The quantitative estimate of drug-likeness (QED) is 0.792. The molecule has 1 atom stereocenters. The van der Waals surface area contributed by atoms with E-state index in [2.05, 4.69) is 5.32 Å². The number of hydrogen-bond acceptors (Lipinski definition) is 6. The van der Waals surface area contributed by atoms with Crippen LogP contribution in [0.1, 0.15) is 6.42 Å². The van der Waals surface area contributed by atoms with Crippen molar-refractivity contribution < 1.29 is 26.4 Å². The molecule has 1 fully saturated rings. The lowest BCUT2D eigenvalue weighted by molar-refractivity contribution is -0.119. The molecule has 24 heavy (non-hydrogen) atoms. The molecule has 0 bridgehead atoms. The second-order valence-electron chi connectivity index (χ2n) is 5.74. The van der Waals surface area contributed by atoms with Crippen molar-refractivity contribution in [3.8, 4) is 5.75 Å². The van der Waals surface area contributed by atoms with Crippen LogP contribution >= 0.6 is 0 Å². The molecular weight excluding hydrogens is 356 g/mol. The number of carbonyl (C=O) groups excluding carboxylic acids is 1. The van der Waals surface area contributed by atoms with Crippen LogP contribution in [0, 0.1) is 5.92 Å². The number of ether oxygens (including phenoxy) is 1. The number of sulfone groups is 1. The minimum atomic E-state index is -3.75. The Morgan fingerprint density at radius 3 is 2.50 bits per heavy atom. The molecule has 1 aliphatic heterocycles. The summed E-state index contributed by atoms with van der Waals surface area (Å²) in [5.74, 6) is -1.09. The Morgan fingerprint density at radius 1 is 1.33 bits per heavy atom. The van der Waals surface area contributed by atoms with E-state index in [1.54, 1.807) is 0 Å². The molecule has 0 radical (unpaired) electrons. The molecule has 1 aliphatic rings. The van der Waals surface area contributed by atoms with Crippen LogP contribution in [0.3, 0.4) is 0 Å². The molecule has 1 amide bonds. The summed E-state index contributed by atoms with van der Waals surface area (Å²) in [5, 5.41) is 2.58. The number of hydrogen-bond donors (Lipinski definition) is 1. The van der Waals surface area contributed by atoms with E-state index >= 15 is 0 Å². The van der Waals surface area contributed by atoms with Crippen molar-refractivity contribution in [2.24, 2.45) is 5.92 Å². The summed E-state index contributed by atoms with van der Waals surface area (Å²) in [7, 11) is -2.79. The highest BCUT2D eigenvalue weighted by molar-refractivity contribution is 7.91. The molecule has 134 valence electrons. The fraction of sp³-hybridized carbons (Fsp3) is 0.500. The molecule has 8 nitrogen and oxygen atoms in total. The Labute approximate surface area is 141 Å². The van der Waals surface area contributed by atoms with Crippen LogP contribution in [0.2, 0.25) is 0 Å². The number of sulfonamides is 1. The van der Waals surface area contributed by atoms with E-state index < -0.39 is 31.7 Å². The van der Waals surface area contributed by atoms with Gasteiger partial charge >= 0.3 is 0 Å². The number of anilines is 1. The van der Waals surface area contributed by atoms with Crippen molar-refractivity contribution in [1.82, 2.24) is 4.31 Å². The van der Waals surface area contributed by atoms with Crippen molar-refractivity contribution in [1.29, 1.82) is 0 Å². The first-order valence-electron chi connectivity index (χ1n) is 7.18. The summed E-state index contributed by atoms with van der Waals surface area (Å²) in [6, 6.07) is 4.25. The van der Waals surface area contributed by atoms with E-state index in [1.807, 2.05) is 0 Å². The zero-order valence-electron chi connectivity index (χ0n) is 13.6. The Balaban J connectivity index is 2.28. The topological polar surface area (TPSA) is 110 Å². The summed E-state index contributed by atoms with van der Waals surface area (Å²) in [6.07, 6.45) is 0.271.